The van der Waals surface area contributed by atoms with Crippen LogP contribution in [0.1, 0.15) is 27.8 Å². The zero-order valence-corrected chi connectivity index (χ0v) is 10.1. The second kappa shape index (κ2) is 3.64. The first-order valence-electron chi connectivity index (χ1n) is 4.25. The monoisotopic (exact) mass is 228 g/mol. The fourth-order valence-electron chi connectivity index (χ4n) is 1.46. The molecule has 0 spiro atoms. The number of benzene rings is 1. The molecule has 0 bridgehead atoms. The summed E-state index contributed by atoms with van der Waals surface area (Å²) in [7, 11) is 0. The molecule has 0 nitrogen and oxygen atoms in total. The molecule has 1 heteroatoms. The molecule has 0 radical (unpaired) electrons. The molecule has 12 heavy (non-hydrogen) atoms. The van der Waals surface area contributed by atoms with Gasteiger partial charge in [0.2, 0.25) is 0 Å². The zero-order chi connectivity index (χ0) is 9.30. The normalized spacial score (nSPS) is 10.4. The van der Waals surface area contributed by atoms with Gasteiger partial charge in [-0.25, -0.2) is 0 Å². The van der Waals surface area contributed by atoms with Crippen LogP contribution in [0.15, 0.2) is 6.07 Å². The Hall–Kier alpha value is -0.261. The van der Waals surface area contributed by atoms with E-state index in [1.165, 1.54) is 27.8 Å². The average Bonchev–Trinajstić information content (AvgIpc) is 2.08. The summed E-state index contributed by atoms with van der Waals surface area (Å²) in [6.45, 7) is 8.81. The summed E-state index contributed by atoms with van der Waals surface area (Å²) >= 11 is 2.65. The van der Waals surface area contributed by atoms with Crippen LogP contribution < -0.4 is 0 Å². The Balaban J connectivity index is 3.39. The predicted octanol–water partition coefficient (Wildman–Crippen LogP) is 2.32. The van der Waals surface area contributed by atoms with E-state index in [4.69, 9.17) is 0 Å². The van der Waals surface area contributed by atoms with Gasteiger partial charge in [-0.1, -0.05) is 0 Å². The van der Waals surface area contributed by atoms with E-state index >= 15 is 0 Å². The van der Waals surface area contributed by atoms with E-state index in [0.717, 1.165) is 5.32 Å². The van der Waals surface area contributed by atoms with Crippen molar-refractivity contribution in [2.75, 3.05) is 0 Å². The van der Waals surface area contributed by atoms with Gasteiger partial charge in [-0.2, -0.15) is 0 Å². The van der Waals surface area contributed by atoms with Gasteiger partial charge >= 0.3 is 82.9 Å². The van der Waals surface area contributed by atoms with E-state index in [9.17, 15) is 0 Å². The van der Waals surface area contributed by atoms with E-state index in [2.05, 4.69) is 49.8 Å². The van der Waals surface area contributed by atoms with Crippen molar-refractivity contribution in [3.8, 4) is 0 Å². The summed E-state index contributed by atoms with van der Waals surface area (Å²) in [6, 6.07) is 2.30. The van der Waals surface area contributed by atoms with Crippen molar-refractivity contribution >= 4 is 16.0 Å². The Morgan fingerprint density at radius 3 is 2.08 bits per heavy atom. The van der Waals surface area contributed by atoms with Crippen LogP contribution in [0.25, 0.3) is 0 Å². The molecule has 0 unspecified atom stereocenters. The molecule has 0 aromatic heterocycles. The SMILES string of the molecule is Cc1cc(C[SeH])c(C)c(C)c1C. The van der Waals surface area contributed by atoms with Crippen molar-refractivity contribution in [3.63, 3.8) is 0 Å². The molecule has 66 valence electrons. The second-order valence-corrected chi connectivity index (χ2v) is 4.05. The van der Waals surface area contributed by atoms with Crippen LogP contribution in [-0.4, -0.2) is 16.0 Å². The number of aryl methyl sites for hydroxylation is 1. The molecule has 0 aliphatic carbocycles. The fraction of sp³-hybridized carbons (Fsp3) is 0.455. The van der Waals surface area contributed by atoms with Crippen LogP contribution >= 0.6 is 0 Å². The summed E-state index contributed by atoms with van der Waals surface area (Å²) in [5.74, 6) is 0. The van der Waals surface area contributed by atoms with Gasteiger partial charge in [0.1, 0.15) is 0 Å². The van der Waals surface area contributed by atoms with E-state index in [1.807, 2.05) is 0 Å². The number of hydrogen-bond donors (Lipinski definition) is 0. The molecule has 0 saturated heterocycles. The Kier molecular flexibility index (Phi) is 2.98. The number of hydrogen-bond acceptors (Lipinski definition) is 0. The van der Waals surface area contributed by atoms with Crippen LogP contribution in [0.3, 0.4) is 0 Å². The average molecular weight is 227 g/mol. The van der Waals surface area contributed by atoms with Crippen LogP contribution in [-0.2, 0) is 5.32 Å². The molecule has 1 aromatic carbocycles. The van der Waals surface area contributed by atoms with Gasteiger partial charge in [0.25, 0.3) is 0 Å². The minimum atomic E-state index is 1.08. The van der Waals surface area contributed by atoms with Crippen molar-refractivity contribution in [3.05, 3.63) is 33.9 Å². The zero-order valence-electron chi connectivity index (χ0n) is 8.23. The third-order valence-electron chi connectivity index (χ3n) is 2.76. The van der Waals surface area contributed by atoms with Crippen LogP contribution in [0.2, 0.25) is 0 Å². The van der Waals surface area contributed by atoms with Gasteiger partial charge in [0.05, 0.1) is 0 Å². The summed E-state index contributed by atoms with van der Waals surface area (Å²) in [5, 5.41) is 1.08. The Morgan fingerprint density at radius 1 is 1.00 bits per heavy atom. The molecule has 0 fully saturated rings. The molecule has 0 saturated carbocycles. The van der Waals surface area contributed by atoms with Crippen molar-refractivity contribution in [2.24, 2.45) is 0 Å². The van der Waals surface area contributed by atoms with Crippen LogP contribution in [0.5, 0.6) is 0 Å². The molecule has 0 aliphatic heterocycles. The van der Waals surface area contributed by atoms with Gasteiger partial charge in [-0.05, 0) is 0 Å². The molecule has 1 rings (SSSR count). The first-order valence-corrected chi connectivity index (χ1v) is 5.57. The fourth-order valence-corrected chi connectivity index (χ4v) is 2.15. The van der Waals surface area contributed by atoms with E-state index < -0.39 is 0 Å². The van der Waals surface area contributed by atoms with Crippen molar-refractivity contribution in [1.29, 1.82) is 0 Å². The molecule has 0 N–H and O–H groups in total. The predicted molar refractivity (Wildman–Crippen MR) is 56.2 cm³/mol. The van der Waals surface area contributed by atoms with Gasteiger partial charge in [-0.15, -0.1) is 0 Å². The van der Waals surface area contributed by atoms with Crippen LogP contribution in [0, 0.1) is 27.7 Å². The van der Waals surface area contributed by atoms with Gasteiger partial charge in [-0.3, -0.25) is 0 Å². The molecule has 0 aliphatic rings. The van der Waals surface area contributed by atoms with Crippen molar-refractivity contribution in [2.45, 2.75) is 33.0 Å². The molecular formula is C11H16Se. The summed E-state index contributed by atoms with van der Waals surface area (Å²) in [5.41, 5.74) is 7.24. The molecule has 0 amide bonds. The Labute approximate surface area is 83.2 Å². The Morgan fingerprint density at radius 2 is 1.58 bits per heavy atom. The van der Waals surface area contributed by atoms with E-state index in [1.54, 1.807) is 0 Å². The van der Waals surface area contributed by atoms with Crippen molar-refractivity contribution in [1.82, 2.24) is 0 Å². The second-order valence-electron chi connectivity index (χ2n) is 3.39. The maximum atomic E-state index is 2.65. The van der Waals surface area contributed by atoms with Crippen LogP contribution in [0.4, 0.5) is 0 Å². The standard InChI is InChI=1S/C11H16Se/c1-7-5-11(6-12)10(4)9(3)8(7)2/h5,12H,6H2,1-4H3. The van der Waals surface area contributed by atoms with Crippen molar-refractivity contribution < 1.29 is 0 Å². The van der Waals surface area contributed by atoms with E-state index in [0.29, 0.717) is 0 Å². The topological polar surface area (TPSA) is 0 Å². The minimum absolute atomic E-state index is 1.08. The first kappa shape index (κ1) is 9.82. The number of rotatable bonds is 1. The molecular weight excluding hydrogens is 211 g/mol. The van der Waals surface area contributed by atoms with Gasteiger partial charge in [0.15, 0.2) is 0 Å². The molecule has 0 atom stereocenters. The van der Waals surface area contributed by atoms with E-state index in [-0.39, 0.29) is 0 Å². The first-order chi connectivity index (χ1) is 5.57. The third-order valence-corrected chi connectivity index (χ3v) is 3.47. The maximum absolute atomic E-state index is 2.65. The summed E-state index contributed by atoms with van der Waals surface area (Å²) < 4.78 is 0. The third kappa shape index (κ3) is 1.57. The summed E-state index contributed by atoms with van der Waals surface area (Å²) in [4.78, 5) is 0. The molecule has 0 heterocycles. The quantitative estimate of drug-likeness (QED) is 0.646. The Bertz CT molecular complexity index is 300. The van der Waals surface area contributed by atoms with Gasteiger partial charge in [0, 0.05) is 0 Å². The van der Waals surface area contributed by atoms with Gasteiger partial charge < -0.3 is 0 Å². The summed E-state index contributed by atoms with van der Waals surface area (Å²) in [6.07, 6.45) is 0. The molecule has 1 aromatic rings.